The third-order valence-corrected chi connectivity index (χ3v) is 7.73. The van der Waals surface area contributed by atoms with Crippen molar-refractivity contribution < 1.29 is 14.3 Å². The molecule has 0 saturated heterocycles. The van der Waals surface area contributed by atoms with Crippen molar-refractivity contribution in [1.82, 2.24) is 0 Å². The molecule has 0 spiro atoms. The largest absolute Gasteiger partial charge is 0.389 e. The van der Waals surface area contributed by atoms with Gasteiger partial charge in [0.05, 0.1) is 6.10 Å². The van der Waals surface area contributed by atoms with Crippen molar-refractivity contribution in [1.29, 1.82) is 0 Å². The number of fused-ring (bicyclic) bond motifs is 5. The first kappa shape index (κ1) is 14.9. The molecule has 0 unspecified atom stereocenters. The first-order valence-electron chi connectivity index (χ1n) is 8.95. The predicted molar refractivity (Wildman–Crippen MR) is 83.0 cm³/mol. The highest BCUT2D eigenvalue weighted by molar-refractivity contribution is 5.91. The molecule has 0 radical (unpaired) electrons. The minimum atomic E-state index is -1.28. The summed E-state index contributed by atoms with van der Waals surface area (Å²) in [5.74, 6) is 0.779. The van der Waals surface area contributed by atoms with Crippen molar-refractivity contribution in [3.05, 3.63) is 11.6 Å². The normalized spacial score (nSPS) is 54.3. The van der Waals surface area contributed by atoms with Gasteiger partial charge >= 0.3 is 0 Å². The minimum absolute atomic E-state index is 0.0688. The van der Waals surface area contributed by atoms with Gasteiger partial charge in [-0.2, -0.15) is 0 Å². The fourth-order valence-electron chi connectivity index (χ4n) is 6.56. The van der Waals surface area contributed by atoms with Crippen LogP contribution in [-0.4, -0.2) is 23.2 Å². The quantitative estimate of drug-likeness (QED) is 0.691. The fraction of sp³-hybridized carbons (Fsp3) is 0.842. The van der Waals surface area contributed by atoms with Gasteiger partial charge in [0.2, 0.25) is 0 Å². The number of hydrogen-bond acceptors (Lipinski definition) is 2. The molecule has 3 saturated carbocycles. The molecule has 0 aromatic rings. The number of rotatable bonds is 0. The Morgan fingerprint density at radius 3 is 2.73 bits per heavy atom. The summed E-state index contributed by atoms with van der Waals surface area (Å²) >= 11 is 0. The van der Waals surface area contributed by atoms with Crippen molar-refractivity contribution >= 4 is 5.78 Å². The van der Waals surface area contributed by atoms with E-state index in [1.807, 2.05) is 6.92 Å². The van der Waals surface area contributed by atoms with Crippen LogP contribution >= 0.6 is 0 Å². The number of hydrogen-bond donors (Lipinski definition) is 1. The van der Waals surface area contributed by atoms with Gasteiger partial charge in [-0.3, -0.25) is 4.79 Å². The van der Waals surface area contributed by atoms with Crippen LogP contribution < -0.4 is 0 Å². The molecule has 22 heavy (non-hydrogen) atoms. The first-order chi connectivity index (χ1) is 10.4. The van der Waals surface area contributed by atoms with E-state index in [-0.39, 0.29) is 23.2 Å². The summed E-state index contributed by atoms with van der Waals surface area (Å²) in [6.07, 6.45) is 6.94. The average Bonchev–Trinajstić information content (AvgIpc) is 2.71. The van der Waals surface area contributed by atoms with E-state index in [1.54, 1.807) is 0 Å². The zero-order valence-electron chi connectivity index (χ0n) is 13.6. The van der Waals surface area contributed by atoms with Gasteiger partial charge in [0.25, 0.3) is 0 Å². The van der Waals surface area contributed by atoms with E-state index < -0.39 is 11.6 Å². The second kappa shape index (κ2) is 4.66. The topological polar surface area (TPSA) is 37.3 Å². The number of carbonyl (C=O) groups is 1. The first-order valence-corrected chi connectivity index (χ1v) is 8.95. The highest BCUT2D eigenvalue weighted by atomic mass is 19.1. The monoisotopic (exact) mass is 306 g/mol. The average molecular weight is 306 g/mol. The molecule has 0 aromatic heterocycles. The lowest BCUT2D eigenvalue weighted by Gasteiger charge is -2.58. The van der Waals surface area contributed by atoms with Crippen molar-refractivity contribution in [2.24, 2.45) is 28.6 Å². The second-order valence-corrected chi connectivity index (χ2v) is 8.62. The molecule has 0 bridgehead atoms. The molecule has 0 amide bonds. The van der Waals surface area contributed by atoms with E-state index in [9.17, 15) is 14.3 Å². The predicted octanol–water partition coefficient (Wildman–Crippen LogP) is 3.83. The Kier molecular flexibility index (Phi) is 3.15. The zero-order valence-corrected chi connectivity index (χ0v) is 13.6. The zero-order chi connectivity index (χ0) is 15.7. The number of aliphatic hydroxyl groups excluding tert-OH is 1. The SMILES string of the molecule is C[C@]12CCCC=C1[C@H](O)C[C@@H]1[C@@H]2CC[C@]2(C)C(=O)[C@H](F)C[C@@H]12. The summed E-state index contributed by atoms with van der Waals surface area (Å²) in [6.45, 7) is 4.29. The van der Waals surface area contributed by atoms with Crippen LogP contribution in [0.1, 0.15) is 58.8 Å². The summed E-state index contributed by atoms with van der Waals surface area (Å²) in [7, 11) is 0. The van der Waals surface area contributed by atoms with E-state index in [1.165, 1.54) is 12.0 Å². The number of aliphatic hydroxyl groups is 1. The van der Waals surface area contributed by atoms with Crippen LogP contribution in [0.15, 0.2) is 11.6 Å². The van der Waals surface area contributed by atoms with E-state index >= 15 is 0 Å². The van der Waals surface area contributed by atoms with Gasteiger partial charge in [-0.15, -0.1) is 0 Å². The van der Waals surface area contributed by atoms with Crippen molar-refractivity contribution in [3.8, 4) is 0 Å². The summed E-state index contributed by atoms with van der Waals surface area (Å²) in [6, 6.07) is 0. The van der Waals surface area contributed by atoms with Crippen molar-refractivity contribution in [2.45, 2.75) is 71.1 Å². The highest BCUT2D eigenvalue weighted by Crippen LogP contribution is 2.64. The van der Waals surface area contributed by atoms with E-state index in [2.05, 4.69) is 13.0 Å². The van der Waals surface area contributed by atoms with Crippen LogP contribution in [0, 0.1) is 28.6 Å². The molecule has 4 aliphatic rings. The Hall–Kier alpha value is -0.700. The smallest absolute Gasteiger partial charge is 0.173 e. The van der Waals surface area contributed by atoms with Crippen LogP contribution in [-0.2, 0) is 4.79 Å². The molecule has 0 heterocycles. The number of ketones is 1. The van der Waals surface area contributed by atoms with Gasteiger partial charge in [-0.1, -0.05) is 19.9 Å². The fourth-order valence-corrected chi connectivity index (χ4v) is 6.56. The minimum Gasteiger partial charge on any atom is -0.389 e. The van der Waals surface area contributed by atoms with Crippen molar-refractivity contribution in [2.75, 3.05) is 0 Å². The Morgan fingerprint density at radius 2 is 1.95 bits per heavy atom. The molecule has 3 heteroatoms. The molecule has 122 valence electrons. The highest BCUT2D eigenvalue weighted by Gasteiger charge is 2.62. The van der Waals surface area contributed by atoms with Gasteiger partial charge < -0.3 is 5.11 Å². The van der Waals surface area contributed by atoms with Gasteiger partial charge in [-0.05, 0) is 73.7 Å². The van der Waals surface area contributed by atoms with E-state index in [4.69, 9.17) is 0 Å². The second-order valence-electron chi connectivity index (χ2n) is 8.62. The summed E-state index contributed by atoms with van der Waals surface area (Å²) < 4.78 is 14.1. The molecular weight excluding hydrogens is 279 g/mol. The maximum absolute atomic E-state index is 14.1. The Balaban J connectivity index is 1.74. The van der Waals surface area contributed by atoms with Gasteiger partial charge in [-0.25, -0.2) is 4.39 Å². The van der Waals surface area contributed by atoms with E-state index in [0.717, 1.165) is 32.1 Å². The molecule has 4 rings (SSSR count). The van der Waals surface area contributed by atoms with Crippen molar-refractivity contribution in [3.63, 3.8) is 0 Å². The molecule has 3 fully saturated rings. The maximum atomic E-state index is 14.1. The van der Waals surface area contributed by atoms with Gasteiger partial charge in [0.1, 0.15) is 0 Å². The van der Waals surface area contributed by atoms with Crippen LogP contribution in [0.2, 0.25) is 0 Å². The standard InChI is InChI=1S/C19H27FO2/c1-18-7-4-3-5-13(18)16(21)9-11-12(18)6-8-19(2)14(11)10-15(20)17(19)22/h5,11-12,14-16,21H,3-4,6-10H2,1-2H3/t11-,12+,14+,15-,16-,18-,19+/m1/s1. The Bertz CT molecular complexity index is 542. The lowest BCUT2D eigenvalue weighted by Crippen LogP contribution is -2.53. The molecule has 7 atom stereocenters. The van der Waals surface area contributed by atoms with Crippen LogP contribution in [0.3, 0.4) is 0 Å². The summed E-state index contributed by atoms with van der Waals surface area (Å²) in [4.78, 5) is 12.3. The molecule has 1 N–H and O–H groups in total. The summed E-state index contributed by atoms with van der Waals surface area (Å²) in [5.41, 5.74) is 0.830. The lowest BCUT2D eigenvalue weighted by atomic mass is 9.47. The number of alkyl halides is 1. The van der Waals surface area contributed by atoms with Crippen LogP contribution in [0.4, 0.5) is 4.39 Å². The van der Waals surface area contributed by atoms with E-state index in [0.29, 0.717) is 18.3 Å². The lowest BCUT2D eigenvalue weighted by molar-refractivity contribution is -0.136. The Morgan fingerprint density at radius 1 is 1.18 bits per heavy atom. The van der Waals surface area contributed by atoms with Crippen LogP contribution in [0.25, 0.3) is 0 Å². The molecule has 4 aliphatic carbocycles. The molecule has 0 aliphatic heterocycles. The van der Waals surface area contributed by atoms with Gasteiger partial charge in [0, 0.05) is 5.41 Å². The summed E-state index contributed by atoms with van der Waals surface area (Å²) in [5, 5.41) is 10.7. The van der Waals surface area contributed by atoms with Gasteiger partial charge in [0.15, 0.2) is 12.0 Å². The number of allylic oxidation sites excluding steroid dienone is 1. The van der Waals surface area contributed by atoms with Crippen LogP contribution in [0.5, 0.6) is 0 Å². The number of halogens is 1. The number of Topliss-reactive ketones (excluding diaryl/α,β-unsaturated/α-hetero) is 1. The maximum Gasteiger partial charge on any atom is 0.173 e. The Labute approximate surface area is 132 Å². The third-order valence-electron chi connectivity index (χ3n) is 7.73. The molecule has 0 aromatic carbocycles. The number of carbonyl (C=O) groups excluding carboxylic acids is 1. The molecule has 2 nitrogen and oxygen atoms in total. The third kappa shape index (κ3) is 1.72. The molecular formula is C19H27FO2.